The van der Waals surface area contributed by atoms with Gasteiger partial charge in [-0.3, -0.25) is 4.79 Å². The third kappa shape index (κ3) is 6.18. The molecule has 1 aromatic heterocycles. The Morgan fingerprint density at radius 3 is 2.59 bits per heavy atom. The normalized spacial score (nSPS) is 17.9. The van der Waals surface area contributed by atoms with Gasteiger partial charge in [-0.1, -0.05) is 36.4 Å². The molecule has 7 heteroatoms. The lowest BCUT2D eigenvalue weighted by Crippen LogP contribution is -2.40. The number of aromatic nitrogens is 1. The number of aryl methyl sites for hydroxylation is 1. The van der Waals surface area contributed by atoms with Crippen LogP contribution in [0.1, 0.15) is 48.0 Å². The highest BCUT2D eigenvalue weighted by Crippen LogP contribution is 2.29. The zero-order valence-electron chi connectivity index (χ0n) is 19.0. The molecule has 4 N–H and O–H groups in total. The van der Waals surface area contributed by atoms with Crippen molar-refractivity contribution in [3.8, 4) is 22.8 Å². The van der Waals surface area contributed by atoms with E-state index in [1.54, 1.807) is 6.07 Å². The van der Waals surface area contributed by atoms with Crippen molar-refractivity contribution in [3.05, 3.63) is 77.7 Å². The summed E-state index contributed by atoms with van der Waals surface area (Å²) >= 11 is 0. The van der Waals surface area contributed by atoms with E-state index in [4.69, 9.17) is 15.6 Å². The molecule has 0 bridgehead atoms. The second-order valence-corrected chi connectivity index (χ2v) is 8.75. The molecule has 1 amide bonds. The van der Waals surface area contributed by atoms with E-state index in [1.807, 2.05) is 42.5 Å². The Morgan fingerprint density at radius 1 is 1.09 bits per heavy atom. The zero-order valence-corrected chi connectivity index (χ0v) is 19.0. The number of nitrogens with two attached hydrogens (primary N) is 1. The average molecular weight is 464 g/mol. The first-order valence-electron chi connectivity index (χ1n) is 11.7. The molecule has 0 atom stereocenters. The molecule has 0 spiro atoms. The molecule has 0 saturated heterocycles. The number of hydrogen-bond acceptors (Lipinski definition) is 5. The third-order valence-electron chi connectivity index (χ3n) is 6.13. The summed E-state index contributed by atoms with van der Waals surface area (Å²) in [6.45, 7) is 0.174. The summed E-state index contributed by atoms with van der Waals surface area (Å²) in [6, 6.07) is 16.9. The van der Waals surface area contributed by atoms with Crippen molar-refractivity contribution in [3.63, 3.8) is 0 Å². The number of nitrogens with zero attached hydrogens (tertiary/aromatic N) is 1. The number of ether oxygens (including phenoxy) is 1. The molecule has 6 nitrogen and oxygen atoms in total. The summed E-state index contributed by atoms with van der Waals surface area (Å²) in [5, 5.41) is 12.0. The van der Waals surface area contributed by atoms with Crippen LogP contribution in [0.15, 0.2) is 60.8 Å². The monoisotopic (exact) mass is 463 g/mol. The lowest BCUT2D eigenvalue weighted by Gasteiger charge is -2.27. The van der Waals surface area contributed by atoms with Gasteiger partial charge in [-0.25, -0.2) is 9.37 Å². The number of carbonyl (C=O) groups excluding carboxylic acids is 1. The molecule has 0 aliphatic heterocycles. The maximum atomic E-state index is 13.9. The topological polar surface area (TPSA) is 97.5 Å². The first kappa shape index (κ1) is 23.9. The van der Waals surface area contributed by atoms with Crippen LogP contribution in [0.4, 0.5) is 4.39 Å². The fourth-order valence-corrected chi connectivity index (χ4v) is 4.20. The summed E-state index contributed by atoms with van der Waals surface area (Å²) in [5.41, 5.74) is 9.13. The van der Waals surface area contributed by atoms with E-state index in [2.05, 4.69) is 10.3 Å². The number of halogens is 1. The quantitative estimate of drug-likeness (QED) is 0.453. The van der Waals surface area contributed by atoms with E-state index in [-0.39, 0.29) is 30.1 Å². The van der Waals surface area contributed by atoms with Crippen LogP contribution < -0.4 is 15.8 Å². The summed E-state index contributed by atoms with van der Waals surface area (Å²) < 4.78 is 19.9. The maximum Gasteiger partial charge on any atom is 0.257 e. The van der Waals surface area contributed by atoms with Crippen LogP contribution in [0.2, 0.25) is 0 Å². The van der Waals surface area contributed by atoms with Gasteiger partial charge in [0.25, 0.3) is 5.91 Å². The van der Waals surface area contributed by atoms with Crippen molar-refractivity contribution in [2.24, 2.45) is 5.73 Å². The standard InChI is InChI=1S/C27H30FN3O3/c28-21-16-25(26(33)31-23-12-10-22(29)11-13-23)27(30-17-21)34-24-5-1-4-20(15-24)19-8-6-18(7-9-19)3-2-14-32/h1,4-9,15-17,22-23,32H,2-3,10-14,29H2,(H,31,33)/t22-,23-. The minimum absolute atomic E-state index is 0.00657. The highest BCUT2D eigenvalue weighted by molar-refractivity contribution is 5.96. The Labute approximate surface area is 199 Å². The number of benzene rings is 2. The molecule has 1 aliphatic carbocycles. The molecular weight excluding hydrogens is 433 g/mol. The second kappa shape index (κ2) is 11.2. The first-order chi connectivity index (χ1) is 16.5. The van der Waals surface area contributed by atoms with Crippen LogP contribution in [0.3, 0.4) is 0 Å². The van der Waals surface area contributed by atoms with Gasteiger partial charge in [0.05, 0.1) is 6.20 Å². The van der Waals surface area contributed by atoms with E-state index in [0.29, 0.717) is 5.75 Å². The van der Waals surface area contributed by atoms with Gasteiger partial charge in [0.1, 0.15) is 17.1 Å². The number of pyridine rings is 1. The minimum Gasteiger partial charge on any atom is -0.438 e. The summed E-state index contributed by atoms with van der Waals surface area (Å²) in [6.07, 6.45) is 5.90. The lowest BCUT2D eigenvalue weighted by molar-refractivity contribution is 0.0922. The molecule has 3 aromatic rings. The lowest BCUT2D eigenvalue weighted by atomic mass is 9.91. The van der Waals surface area contributed by atoms with Crippen LogP contribution in [-0.4, -0.2) is 34.7 Å². The van der Waals surface area contributed by atoms with Crippen LogP contribution in [0.25, 0.3) is 11.1 Å². The van der Waals surface area contributed by atoms with Gasteiger partial charge in [-0.05, 0) is 73.4 Å². The Hall–Kier alpha value is -3.29. The summed E-state index contributed by atoms with van der Waals surface area (Å²) in [4.78, 5) is 17.0. The van der Waals surface area contributed by atoms with E-state index in [0.717, 1.165) is 67.5 Å². The van der Waals surface area contributed by atoms with Gasteiger partial charge in [0.2, 0.25) is 5.88 Å². The van der Waals surface area contributed by atoms with Crippen molar-refractivity contribution < 1.29 is 19.0 Å². The highest BCUT2D eigenvalue weighted by Gasteiger charge is 2.23. The van der Waals surface area contributed by atoms with E-state index in [9.17, 15) is 9.18 Å². The Bertz CT molecular complexity index is 1110. The first-order valence-corrected chi connectivity index (χ1v) is 11.7. The van der Waals surface area contributed by atoms with Crippen molar-refractivity contribution in [1.29, 1.82) is 0 Å². The minimum atomic E-state index is -0.599. The number of hydrogen-bond donors (Lipinski definition) is 3. The SMILES string of the molecule is N[C@H]1CC[C@H](NC(=O)c2cc(F)cnc2Oc2cccc(-c3ccc(CCCO)cc3)c2)CC1. The van der Waals surface area contributed by atoms with Crippen LogP contribution in [0, 0.1) is 5.82 Å². The van der Waals surface area contributed by atoms with Gasteiger partial charge in [0, 0.05) is 18.7 Å². The molecule has 0 radical (unpaired) electrons. The van der Waals surface area contributed by atoms with Crippen molar-refractivity contribution in [2.75, 3.05) is 6.61 Å². The number of aliphatic hydroxyl groups is 1. The number of rotatable bonds is 8. The zero-order chi connectivity index (χ0) is 23.9. The van der Waals surface area contributed by atoms with Gasteiger partial charge in [-0.15, -0.1) is 0 Å². The van der Waals surface area contributed by atoms with E-state index in [1.165, 1.54) is 0 Å². The molecule has 1 aliphatic rings. The molecule has 1 saturated carbocycles. The van der Waals surface area contributed by atoms with Crippen LogP contribution in [-0.2, 0) is 6.42 Å². The van der Waals surface area contributed by atoms with Gasteiger partial charge in [0.15, 0.2) is 0 Å². The Morgan fingerprint density at radius 2 is 1.85 bits per heavy atom. The van der Waals surface area contributed by atoms with E-state index < -0.39 is 11.7 Å². The highest BCUT2D eigenvalue weighted by atomic mass is 19.1. The molecule has 178 valence electrons. The van der Waals surface area contributed by atoms with Crippen molar-refractivity contribution in [2.45, 2.75) is 50.6 Å². The fraction of sp³-hybridized carbons (Fsp3) is 0.333. The molecule has 34 heavy (non-hydrogen) atoms. The van der Waals surface area contributed by atoms with Gasteiger partial charge < -0.3 is 20.9 Å². The number of carbonyl (C=O) groups is 1. The predicted molar refractivity (Wildman–Crippen MR) is 129 cm³/mol. The Balaban J connectivity index is 1.50. The van der Waals surface area contributed by atoms with Crippen LogP contribution >= 0.6 is 0 Å². The van der Waals surface area contributed by atoms with Crippen molar-refractivity contribution >= 4 is 5.91 Å². The number of nitrogens with one attached hydrogen (secondary N) is 1. The fourth-order valence-electron chi connectivity index (χ4n) is 4.20. The second-order valence-electron chi connectivity index (χ2n) is 8.75. The summed E-state index contributed by atoms with van der Waals surface area (Å²) in [7, 11) is 0. The molecule has 2 aromatic carbocycles. The molecule has 1 fully saturated rings. The molecule has 0 unspecified atom stereocenters. The van der Waals surface area contributed by atoms with Gasteiger partial charge in [-0.2, -0.15) is 0 Å². The predicted octanol–water partition coefficient (Wildman–Crippen LogP) is 4.60. The molecule has 1 heterocycles. The number of amides is 1. The third-order valence-corrected chi connectivity index (χ3v) is 6.13. The van der Waals surface area contributed by atoms with E-state index >= 15 is 0 Å². The van der Waals surface area contributed by atoms with Gasteiger partial charge >= 0.3 is 0 Å². The van der Waals surface area contributed by atoms with Crippen LogP contribution in [0.5, 0.6) is 11.6 Å². The average Bonchev–Trinajstić information content (AvgIpc) is 2.85. The smallest absolute Gasteiger partial charge is 0.257 e. The maximum absolute atomic E-state index is 13.9. The largest absolute Gasteiger partial charge is 0.438 e. The Kier molecular flexibility index (Phi) is 7.87. The number of aliphatic hydroxyl groups excluding tert-OH is 1. The molecular formula is C27H30FN3O3. The molecule has 4 rings (SSSR count). The van der Waals surface area contributed by atoms with Crippen molar-refractivity contribution in [1.82, 2.24) is 10.3 Å². The summed E-state index contributed by atoms with van der Waals surface area (Å²) in [5.74, 6) is -0.447.